The molecule has 1 fully saturated rings. The van der Waals surface area contributed by atoms with Gasteiger partial charge in [0.25, 0.3) is 0 Å². The van der Waals surface area contributed by atoms with E-state index in [1.807, 2.05) is 55.5 Å². The molecule has 24 heavy (non-hydrogen) atoms. The fourth-order valence-corrected chi connectivity index (χ4v) is 3.22. The van der Waals surface area contributed by atoms with Gasteiger partial charge < -0.3 is 10.7 Å². The van der Waals surface area contributed by atoms with Gasteiger partial charge in [0.15, 0.2) is 5.78 Å². The van der Waals surface area contributed by atoms with Crippen LogP contribution in [0.1, 0.15) is 26.2 Å². The van der Waals surface area contributed by atoms with Crippen molar-refractivity contribution in [2.75, 3.05) is 17.3 Å². The highest BCUT2D eigenvalue weighted by atomic mass is 16.1. The van der Waals surface area contributed by atoms with Crippen LogP contribution >= 0.6 is 0 Å². The summed E-state index contributed by atoms with van der Waals surface area (Å²) in [5.74, 6) is 0.290. The summed E-state index contributed by atoms with van der Waals surface area (Å²) < 4.78 is 0. The molecular formula is C20H25N3O. The van der Waals surface area contributed by atoms with Gasteiger partial charge in [0, 0.05) is 30.4 Å². The number of nitrogens with one attached hydrogen (secondary N) is 2. The summed E-state index contributed by atoms with van der Waals surface area (Å²) >= 11 is 0. The van der Waals surface area contributed by atoms with Crippen LogP contribution in [0.5, 0.6) is 0 Å². The number of rotatable bonds is 6. The molecule has 1 aliphatic heterocycles. The van der Waals surface area contributed by atoms with E-state index in [1.54, 1.807) is 0 Å². The third kappa shape index (κ3) is 4.15. The Hall–Kier alpha value is -2.33. The maximum Gasteiger partial charge on any atom is 0.151 e. The number of hydrogen-bond donors (Lipinski definition) is 2. The van der Waals surface area contributed by atoms with Crippen LogP contribution < -0.4 is 10.7 Å². The Bertz CT molecular complexity index is 644. The molecule has 0 saturated carbocycles. The van der Waals surface area contributed by atoms with Gasteiger partial charge in [-0.1, -0.05) is 43.3 Å². The van der Waals surface area contributed by atoms with E-state index in [4.69, 9.17) is 0 Å². The molecule has 1 saturated heterocycles. The lowest BCUT2D eigenvalue weighted by Gasteiger charge is -2.39. The van der Waals surface area contributed by atoms with Crippen LogP contribution in [-0.4, -0.2) is 29.4 Å². The number of carbonyl (C=O) groups is 1. The number of anilines is 2. The van der Waals surface area contributed by atoms with Crippen molar-refractivity contribution in [2.45, 2.75) is 38.3 Å². The van der Waals surface area contributed by atoms with Crippen LogP contribution in [0.2, 0.25) is 0 Å². The molecule has 0 radical (unpaired) electrons. The van der Waals surface area contributed by atoms with E-state index in [1.165, 1.54) is 0 Å². The van der Waals surface area contributed by atoms with Crippen molar-refractivity contribution in [3.8, 4) is 0 Å². The van der Waals surface area contributed by atoms with E-state index >= 15 is 0 Å². The summed E-state index contributed by atoms with van der Waals surface area (Å²) in [6.07, 6.45) is 2.39. The van der Waals surface area contributed by atoms with Crippen LogP contribution in [0.3, 0.4) is 0 Å². The van der Waals surface area contributed by atoms with E-state index in [9.17, 15) is 4.79 Å². The van der Waals surface area contributed by atoms with E-state index in [-0.39, 0.29) is 11.8 Å². The number of carbonyl (C=O) groups excluding carboxylic acids is 1. The van der Waals surface area contributed by atoms with Gasteiger partial charge in [-0.2, -0.15) is 0 Å². The molecule has 2 aromatic rings. The number of para-hydroxylation sites is 2. The third-order valence-corrected chi connectivity index (χ3v) is 4.51. The molecular weight excluding hydrogens is 298 g/mol. The smallest absolute Gasteiger partial charge is 0.151 e. The van der Waals surface area contributed by atoms with Crippen molar-refractivity contribution in [1.82, 2.24) is 5.01 Å². The summed E-state index contributed by atoms with van der Waals surface area (Å²) in [5, 5.41) is 5.67. The summed E-state index contributed by atoms with van der Waals surface area (Å²) in [6.45, 7) is 2.78. The molecule has 0 aromatic heterocycles. The summed E-state index contributed by atoms with van der Waals surface area (Å²) in [6, 6.07) is 20.5. The Balaban J connectivity index is 1.67. The second-order valence-corrected chi connectivity index (χ2v) is 6.24. The molecule has 0 aliphatic carbocycles. The standard InChI is InChI=1S/C20H25N3O/c1-2-20(24)19-15-18(21-16-9-5-3-6-10-16)13-14-23(19)22-17-11-7-4-8-12-17/h3-12,18-19,21-22H,2,13-15H2,1H3. The Morgan fingerprint density at radius 2 is 1.67 bits per heavy atom. The molecule has 0 bridgehead atoms. The van der Waals surface area contributed by atoms with Gasteiger partial charge in [-0.25, -0.2) is 5.01 Å². The zero-order chi connectivity index (χ0) is 16.8. The molecule has 0 amide bonds. The third-order valence-electron chi connectivity index (χ3n) is 4.51. The second-order valence-electron chi connectivity index (χ2n) is 6.24. The van der Waals surface area contributed by atoms with Crippen molar-refractivity contribution < 1.29 is 4.79 Å². The van der Waals surface area contributed by atoms with Crippen LogP contribution in [0, 0.1) is 0 Å². The van der Waals surface area contributed by atoms with Gasteiger partial charge in [0.2, 0.25) is 0 Å². The monoisotopic (exact) mass is 323 g/mol. The molecule has 0 spiro atoms. The maximum atomic E-state index is 12.5. The minimum absolute atomic E-state index is 0.0924. The Morgan fingerprint density at radius 1 is 1.04 bits per heavy atom. The Labute approximate surface area is 143 Å². The number of ketones is 1. The number of Topliss-reactive ketones (excluding diaryl/α,β-unsaturated/α-hetero) is 1. The first-order chi connectivity index (χ1) is 11.8. The van der Waals surface area contributed by atoms with E-state index in [0.717, 1.165) is 30.8 Å². The summed E-state index contributed by atoms with van der Waals surface area (Å²) in [4.78, 5) is 12.5. The predicted molar refractivity (Wildman–Crippen MR) is 98.9 cm³/mol. The molecule has 2 atom stereocenters. The highest BCUT2D eigenvalue weighted by Gasteiger charge is 2.32. The molecule has 2 N–H and O–H groups in total. The van der Waals surface area contributed by atoms with Crippen LogP contribution in [0.4, 0.5) is 11.4 Å². The minimum atomic E-state index is -0.0924. The number of nitrogens with zero attached hydrogens (tertiary/aromatic N) is 1. The molecule has 1 aliphatic rings. The average molecular weight is 323 g/mol. The average Bonchev–Trinajstić information content (AvgIpc) is 2.64. The zero-order valence-corrected chi connectivity index (χ0v) is 14.1. The highest BCUT2D eigenvalue weighted by molar-refractivity contribution is 5.84. The lowest BCUT2D eigenvalue weighted by atomic mass is 9.94. The van der Waals surface area contributed by atoms with Crippen molar-refractivity contribution in [2.24, 2.45) is 0 Å². The van der Waals surface area contributed by atoms with Crippen molar-refractivity contribution in [1.29, 1.82) is 0 Å². The number of hydrazine groups is 1. The SMILES string of the molecule is CCC(=O)C1CC(Nc2ccccc2)CCN1Nc1ccccc1. The van der Waals surface area contributed by atoms with Gasteiger partial charge in [-0.05, 0) is 37.1 Å². The molecule has 2 aromatic carbocycles. The van der Waals surface area contributed by atoms with Gasteiger partial charge in [-0.15, -0.1) is 0 Å². The molecule has 1 heterocycles. The topological polar surface area (TPSA) is 44.4 Å². The zero-order valence-electron chi connectivity index (χ0n) is 14.1. The van der Waals surface area contributed by atoms with Crippen LogP contribution in [-0.2, 0) is 4.79 Å². The van der Waals surface area contributed by atoms with Gasteiger partial charge in [0.1, 0.15) is 0 Å². The highest BCUT2D eigenvalue weighted by Crippen LogP contribution is 2.23. The maximum absolute atomic E-state index is 12.5. The predicted octanol–water partition coefficient (Wildman–Crippen LogP) is 3.94. The lowest BCUT2D eigenvalue weighted by Crippen LogP contribution is -2.52. The lowest BCUT2D eigenvalue weighted by molar-refractivity contribution is -0.124. The van der Waals surface area contributed by atoms with E-state index in [2.05, 4.69) is 27.9 Å². The quantitative estimate of drug-likeness (QED) is 0.845. The van der Waals surface area contributed by atoms with Crippen LogP contribution in [0.25, 0.3) is 0 Å². The Kier molecular flexibility index (Phi) is 5.49. The first-order valence-electron chi connectivity index (χ1n) is 8.69. The Morgan fingerprint density at radius 3 is 2.29 bits per heavy atom. The minimum Gasteiger partial charge on any atom is -0.382 e. The van der Waals surface area contributed by atoms with Gasteiger partial charge in [-0.3, -0.25) is 4.79 Å². The first-order valence-corrected chi connectivity index (χ1v) is 8.69. The fraction of sp³-hybridized carbons (Fsp3) is 0.350. The van der Waals surface area contributed by atoms with Crippen molar-refractivity contribution in [3.05, 3.63) is 60.7 Å². The molecule has 3 rings (SSSR count). The summed E-state index contributed by atoms with van der Waals surface area (Å²) in [5.41, 5.74) is 5.56. The number of hydrogen-bond acceptors (Lipinski definition) is 4. The summed E-state index contributed by atoms with van der Waals surface area (Å²) in [7, 11) is 0. The normalized spacial score (nSPS) is 21.2. The second kappa shape index (κ2) is 7.97. The van der Waals surface area contributed by atoms with E-state index < -0.39 is 0 Å². The largest absolute Gasteiger partial charge is 0.382 e. The van der Waals surface area contributed by atoms with E-state index in [0.29, 0.717) is 12.5 Å². The van der Waals surface area contributed by atoms with Crippen molar-refractivity contribution >= 4 is 17.2 Å². The molecule has 126 valence electrons. The molecule has 2 unspecified atom stereocenters. The number of piperidine rings is 1. The number of benzene rings is 2. The fourth-order valence-electron chi connectivity index (χ4n) is 3.22. The van der Waals surface area contributed by atoms with Crippen LogP contribution in [0.15, 0.2) is 60.7 Å². The molecule has 4 heteroatoms. The van der Waals surface area contributed by atoms with Crippen molar-refractivity contribution in [3.63, 3.8) is 0 Å². The van der Waals surface area contributed by atoms with Gasteiger partial charge in [0.05, 0.1) is 6.04 Å². The van der Waals surface area contributed by atoms with Gasteiger partial charge >= 0.3 is 0 Å². The molecule has 4 nitrogen and oxygen atoms in total. The first kappa shape index (κ1) is 16.5.